The Bertz CT molecular complexity index is 398. The van der Waals surface area contributed by atoms with Gasteiger partial charge in [0, 0.05) is 19.3 Å². The van der Waals surface area contributed by atoms with Crippen molar-refractivity contribution in [2.45, 2.75) is 26.2 Å². The molecule has 1 aliphatic rings. The number of hydrogen-bond acceptors (Lipinski definition) is 3. The number of carboxylic acid groups (broad SMARTS) is 1. The summed E-state index contributed by atoms with van der Waals surface area (Å²) in [6.07, 6.45) is 4.14. The van der Waals surface area contributed by atoms with Crippen LogP contribution in [-0.4, -0.2) is 29.1 Å². The molecule has 1 aromatic rings. The fourth-order valence-corrected chi connectivity index (χ4v) is 2.16. The molecule has 2 heterocycles. The minimum atomic E-state index is -0.797. The van der Waals surface area contributed by atoms with Gasteiger partial charge in [-0.05, 0) is 36.5 Å². The fourth-order valence-electron chi connectivity index (χ4n) is 2.16. The highest BCUT2D eigenvalue weighted by molar-refractivity contribution is 5.70. The quantitative estimate of drug-likeness (QED) is 0.868. The molecule has 0 atom stereocenters. The van der Waals surface area contributed by atoms with Crippen molar-refractivity contribution >= 4 is 11.8 Å². The first-order valence-electron chi connectivity index (χ1n) is 6.07. The number of pyridine rings is 1. The number of aliphatic carboxylic acids is 1. The summed E-state index contributed by atoms with van der Waals surface area (Å²) in [5.74, 6) is 0.901. The van der Waals surface area contributed by atoms with E-state index in [-0.39, 0.29) is 6.42 Å². The molecule has 1 fully saturated rings. The second-order valence-corrected chi connectivity index (χ2v) is 4.76. The number of aromatic nitrogens is 1. The highest BCUT2D eigenvalue weighted by Gasteiger charge is 2.17. The maximum atomic E-state index is 10.7. The third-order valence-electron chi connectivity index (χ3n) is 3.27. The van der Waals surface area contributed by atoms with Crippen molar-refractivity contribution in [3.63, 3.8) is 0 Å². The van der Waals surface area contributed by atoms with Crippen LogP contribution in [0.1, 0.15) is 25.3 Å². The van der Waals surface area contributed by atoms with Crippen molar-refractivity contribution in [3.8, 4) is 0 Å². The van der Waals surface area contributed by atoms with Crippen LogP contribution in [0.4, 0.5) is 5.82 Å². The van der Waals surface area contributed by atoms with Gasteiger partial charge in [-0.25, -0.2) is 4.98 Å². The summed E-state index contributed by atoms with van der Waals surface area (Å²) in [5, 5.41) is 8.77. The standard InChI is InChI=1S/C13H18N2O2/c1-10-3-6-15(7-4-10)12-8-11(2-5-14-12)9-13(16)17/h2,5,8,10H,3-4,6-7,9H2,1H3,(H,16,17). The normalized spacial score (nSPS) is 17.1. The molecular formula is C13H18N2O2. The monoisotopic (exact) mass is 234 g/mol. The molecule has 1 N–H and O–H groups in total. The zero-order valence-corrected chi connectivity index (χ0v) is 10.1. The van der Waals surface area contributed by atoms with Gasteiger partial charge in [-0.15, -0.1) is 0 Å². The summed E-state index contributed by atoms with van der Waals surface area (Å²) in [6, 6.07) is 3.66. The lowest BCUT2D eigenvalue weighted by atomic mass is 9.99. The third-order valence-corrected chi connectivity index (χ3v) is 3.27. The van der Waals surface area contributed by atoms with Crippen molar-refractivity contribution in [1.29, 1.82) is 0 Å². The molecule has 1 aromatic heterocycles. The Labute approximate surface area is 101 Å². The van der Waals surface area contributed by atoms with E-state index in [0.29, 0.717) is 0 Å². The maximum absolute atomic E-state index is 10.7. The van der Waals surface area contributed by atoms with Gasteiger partial charge in [0.05, 0.1) is 6.42 Å². The summed E-state index contributed by atoms with van der Waals surface area (Å²) in [4.78, 5) is 17.2. The first-order valence-corrected chi connectivity index (χ1v) is 6.07. The topological polar surface area (TPSA) is 53.4 Å². The van der Waals surface area contributed by atoms with Crippen LogP contribution in [0.25, 0.3) is 0 Å². The van der Waals surface area contributed by atoms with E-state index in [1.165, 1.54) is 12.8 Å². The number of piperidine rings is 1. The van der Waals surface area contributed by atoms with Crippen LogP contribution in [0.5, 0.6) is 0 Å². The van der Waals surface area contributed by atoms with Crippen LogP contribution >= 0.6 is 0 Å². The van der Waals surface area contributed by atoms with E-state index >= 15 is 0 Å². The molecule has 0 aliphatic carbocycles. The Hall–Kier alpha value is -1.58. The van der Waals surface area contributed by atoms with E-state index in [2.05, 4.69) is 16.8 Å². The lowest BCUT2D eigenvalue weighted by Crippen LogP contribution is -2.33. The minimum absolute atomic E-state index is 0.0692. The summed E-state index contributed by atoms with van der Waals surface area (Å²) in [6.45, 7) is 4.31. The second kappa shape index (κ2) is 5.17. The molecule has 2 rings (SSSR count). The average molecular weight is 234 g/mol. The van der Waals surface area contributed by atoms with Crippen LogP contribution in [0.2, 0.25) is 0 Å². The summed E-state index contributed by atoms with van der Waals surface area (Å²) < 4.78 is 0. The summed E-state index contributed by atoms with van der Waals surface area (Å²) in [5.41, 5.74) is 0.820. The number of anilines is 1. The zero-order chi connectivity index (χ0) is 12.3. The Balaban J connectivity index is 2.07. The van der Waals surface area contributed by atoms with E-state index < -0.39 is 5.97 Å². The molecule has 0 bridgehead atoms. The Morgan fingerprint density at radius 2 is 2.24 bits per heavy atom. The van der Waals surface area contributed by atoms with Crippen molar-refractivity contribution < 1.29 is 9.90 Å². The highest BCUT2D eigenvalue weighted by atomic mass is 16.4. The maximum Gasteiger partial charge on any atom is 0.307 e. The van der Waals surface area contributed by atoms with Crippen LogP contribution in [-0.2, 0) is 11.2 Å². The van der Waals surface area contributed by atoms with Gasteiger partial charge in [0.25, 0.3) is 0 Å². The van der Waals surface area contributed by atoms with Crippen molar-refractivity contribution in [2.75, 3.05) is 18.0 Å². The molecule has 17 heavy (non-hydrogen) atoms. The minimum Gasteiger partial charge on any atom is -0.481 e. The molecule has 0 saturated carbocycles. The molecule has 0 radical (unpaired) electrons. The van der Waals surface area contributed by atoms with Crippen LogP contribution in [0.15, 0.2) is 18.3 Å². The van der Waals surface area contributed by atoms with Gasteiger partial charge < -0.3 is 10.0 Å². The van der Waals surface area contributed by atoms with E-state index in [9.17, 15) is 4.79 Å². The molecule has 0 unspecified atom stereocenters. The van der Waals surface area contributed by atoms with Crippen molar-refractivity contribution in [1.82, 2.24) is 4.98 Å². The van der Waals surface area contributed by atoms with Gasteiger partial charge in [0.2, 0.25) is 0 Å². The van der Waals surface area contributed by atoms with Gasteiger partial charge in [0.1, 0.15) is 5.82 Å². The Morgan fingerprint density at radius 3 is 2.88 bits per heavy atom. The van der Waals surface area contributed by atoms with Crippen LogP contribution < -0.4 is 4.90 Å². The number of nitrogens with zero attached hydrogens (tertiary/aromatic N) is 2. The number of carboxylic acids is 1. The van der Waals surface area contributed by atoms with E-state index in [0.717, 1.165) is 30.4 Å². The number of carbonyl (C=O) groups is 1. The van der Waals surface area contributed by atoms with Gasteiger partial charge in [0.15, 0.2) is 0 Å². The smallest absolute Gasteiger partial charge is 0.307 e. The second-order valence-electron chi connectivity index (χ2n) is 4.76. The van der Waals surface area contributed by atoms with E-state index in [1.807, 2.05) is 6.07 Å². The summed E-state index contributed by atoms with van der Waals surface area (Å²) in [7, 11) is 0. The fraction of sp³-hybridized carbons (Fsp3) is 0.538. The molecule has 4 nitrogen and oxygen atoms in total. The predicted molar refractivity (Wildman–Crippen MR) is 66.2 cm³/mol. The van der Waals surface area contributed by atoms with Gasteiger partial charge in [-0.3, -0.25) is 4.79 Å². The third kappa shape index (κ3) is 3.19. The predicted octanol–water partition coefficient (Wildman–Crippen LogP) is 1.95. The summed E-state index contributed by atoms with van der Waals surface area (Å²) >= 11 is 0. The van der Waals surface area contributed by atoms with E-state index in [1.54, 1.807) is 12.3 Å². The highest BCUT2D eigenvalue weighted by Crippen LogP contribution is 2.21. The van der Waals surface area contributed by atoms with Gasteiger partial charge in [-0.1, -0.05) is 6.92 Å². The number of hydrogen-bond donors (Lipinski definition) is 1. The zero-order valence-electron chi connectivity index (χ0n) is 10.1. The number of rotatable bonds is 3. The van der Waals surface area contributed by atoms with Crippen LogP contribution in [0.3, 0.4) is 0 Å². The largest absolute Gasteiger partial charge is 0.481 e. The van der Waals surface area contributed by atoms with Crippen LogP contribution in [0, 0.1) is 5.92 Å². The Kier molecular flexibility index (Phi) is 3.61. The van der Waals surface area contributed by atoms with E-state index in [4.69, 9.17) is 5.11 Å². The van der Waals surface area contributed by atoms with Crippen molar-refractivity contribution in [3.05, 3.63) is 23.9 Å². The molecule has 0 spiro atoms. The molecule has 1 saturated heterocycles. The first-order chi connectivity index (χ1) is 8.15. The molecule has 0 aromatic carbocycles. The molecule has 1 aliphatic heterocycles. The SMILES string of the molecule is CC1CCN(c2cc(CC(=O)O)ccn2)CC1. The molecular weight excluding hydrogens is 216 g/mol. The van der Waals surface area contributed by atoms with Gasteiger partial charge >= 0.3 is 5.97 Å². The average Bonchev–Trinajstić information content (AvgIpc) is 2.29. The molecule has 0 amide bonds. The molecule has 92 valence electrons. The molecule has 4 heteroatoms. The first kappa shape index (κ1) is 11.9. The van der Waals surface area contributed by atoms with Gasteiger partial charge in [-0.2, -0.15) is 0 Å². The lowest BCUT2D eigenvalue weighted by Gasteiger charge is -2.31. The lowest BCUT2D eigenvalue weighted by molar-refractivity contribution is -0.136. The van der Waals surface area contributed by atoms with Crippen molar-refractivity contribution in [2.24, 2.45) is 5.92 Å². The Morgan fingerprint density at radius 1 is 1.53 bits per heavy atom.